The summed E-state index contributed by atoms with van der Waals surface area (Å²) in [5, 5.41) is 8.74. The Kier molecular flexibility index (Phi) is 5.09. The SMILES string of the molecule is COc1ccc(CN2Cc3nnc(CN4CCOCC4)n3[C@@H](C)C2=O)cc1. The third kappa shape index (κ3) is 3.68. The molecule has 0 radical (unpaired) electrons. The van der Waals surface area contributed by atoms with Crippen molar-refractivity contribution >= 4 is 5.91 Å². The van der Waals surface area contributed by atoms with E-state index in [2.05, 4.69) is 15.1 Å². The molecule has 1 amide bonds. The molecule has 2 aromatic rings. The maximum absolute atomic E-state index is 12.9. The number of methoxy groups -OCH3 is 1. The van der Waals surface area contributed by atoms with Crippen LogP contribution in [-0.2, 0) is 29.2 Å². The van der Waals surface area contributed by atoms with Crippen LogP contribution in [0.4, 0.5) is 0 Å². The quantitative estimate of drug-likeness (QED) is 0.787. The lowest BCUT2D eigenvalue weighted by Gasteiger charge is -2.33. The van der Waals surface area contributed by atoms with E-state index < -0.39 is 0 Å². The average molecular weight is 371 g/mol. The van der Waals surface area contributed by atoms with Gasteiger partial charge >= 0.3 is 0 Å². The number of nitrogens with zero attached hydrogens (tertiary/aromatic N) is 5. The summed E-state index contributed by atoms with van der Waals surface area (Å²) in [7, 11) is 1.65. The van der Waals surface area contributed by atoms with Crippen LogP contribution in [0.5, 0.6) is 5.75 Å². The van der Waals surface area contributed by atoms with E-state index in [1.54, 1.807) is 7.11 Å². The third-order valence-corrected chi connectivity index (χ3v) is 5.23. The summed E-state index contributed by atoms with van der Waals surface area (Å²) in [6.45, 7) is 6.91. The largest absolute Gasteiger partial charge is 0.497 e. The molecule has 0 N–H and O–H groups in total. The highest BCUT2D eigenvalue weighted by atomic mass is 16.5. The fourth-order valence-corrected chi connectivity index (χ4v) is 3.69. The molecule has 2 aliphatic rings. The van der Waals surface area contributed by atoms with Gasteiger partial charge < -0.3 is 14.4 Å². The van der Waals surface area contributed by atoms with E-state index in [0.717, 1.165) is 49.3 Å². The Balaban J connectivity index is 1.49. The molecule has 2 aliphatic heterocycles. The zero-order valence-corrected chi connectivity index (χ0v) is 15.8. The van der Waals surface area contributed by atoms with Gasteiger partial charge in [0.15, 0.2) is 5.82 Å². The number of carbonyl (C=O) groups is 1. The van der Waals surface area contributed by atoms with Gasteiger partial charge in [-0.2, -0.15) is 0 Å². The number of carbonyl (C=O) groups excluding carboxylic acids is 1. The molecule has 1 atom stereocenters. The molecule has 1 aromatic heterocycles. The first-order valence-electron chi connectivity index (χ1n) is 9.30. The fourth-order valence-electron chi connectivity index (χ4n) is 3.69. The number of benzene rings is 1. The molecule has 0 saturated carbocycles. The van der Waals surface area contributed by atoms with Crippen LogP contribution in [0.25, 0.3) is 0 Å². The number of hydrogen-bond acceptors (Lipinski definition) is 6. The Morgan fingerprint density at radius 3 is 2.59 bits per heavy atom. The molecule has 0 bridgehead atoms. The molecule has 8 heteroatoms. The minimum Gasteiger partial charge on any atom is -0.497 e. The molecule has 8 nitrogen and oxygen atoms in total. The molecule has 144 valence electrons. The summed E-state index contributed by atoms with van der Waals surface area (Å²) < 4.78 is 12.6. The first-order valence-corrected chi connectivity index (χ1v) is 9.30. The summed E-state index contributed by atoms with van der Waals surface area (Å²) in [5.74, 6) is 2.61. The minimum atomic E-state index is -0.293. The average Bonchev–Trinajstić information content (AvgIpc) is 3.09. The predicted octanol–water partition coefficient (Wildman–Crippen LogP) is 1.22. The van der Waals surface area contributed by atoms with Gasteiger partial charge in [-0.25, -0.2) is 0 Å². The highest BCUT2D eigenvalue weighted by Crippen LogP contribution is 2.25. The van der Waals surface area contributed by atoms with E-state index in [1.165, 1.54) is 0 Å². The van der Waals surface area contributed by atoms with Crippen molar-refractivity contribution in [2.24, 2.45) is 0 Å². The van der Waals surface area contributed by atoms with Crippen molar-refractivity contribution in [3.05, 3.63) is 41.5 Å². The van der Waals surface area contributed by atoms with Gasteiger partial charge in [0.1, 0.15) is 17.6 Å². The van der Waals surface area contributed by atoms with Crippen molar-refractivity contribution in [2.45, 2.75) is 32.6 Å². The van der Waals surface area contributed by atoms with Crippen LogP contribution in [-0.4, -0.2) is 63.9 Å². The highest BCUT2D eigenvalue weighted by Gasteiger charge is 2.33. The molecular weight excluding hydrogens is 346 g/mol. The van der Waals surface area contributed by atoms with E-state index >= 15 is 0 Å². The molecule has 0 unspecified atom stereocenters. The molecule has 1 aromatic carbocycles. The van der Waals surface area contributed by atoms with Crippen LogP contribution in [0.15, 0.2) is 24.3 Å². The van der Waals surface area contributed by atoms with Crippen molar-refractivity contribution in [3.63, 3.8) is 0 Å². The van der Waals surface area contributed by atoms with E-state index in [-0.39, 0.29) is 11.9 Å². The summed E-state index contributed by atoms with van der Waals surface area (Å²) in [5.41, 5.74) is 1.07. The van der Waals surface area contributed by atoms with Crippen molar-refractivity contribution in [2.75, 3.05) is 33.4 Å². The van der Waals surface area contributed by atoms with Crippen LogP contribution < -0.4 is 4.74 Å². The molecule has 4 rings (SSSR count). The number of hydrogen-bond donors (Lipinski definition) is 0. The lowest BCUT2D eigenvalue weighted by molar-refractivity contribution is -0.137. The number of ether oxygens (including phenoxy) is 2. The van der Waals surface area contributed by atoms with Gasteiger partial charge in [0.25, 0.3) is 0 Å². The zero-order chi connectivity index (χ0) is 18.8. The molecule has 3 heterocycles. The van der Waals surface area contributed by atoms with Crippen LogP contribution >= 0.6 is 0 Å². The van der Waals surface area contributed by atoms with Gasteiger partial charge in [0.05, 0.1) is 33.4 Å². The van der Waals surface area contributed by atoms with E-state index in [9.17, 15) is 4.79 Å². The molecule has 27 heavy (non-hydrogen) atoms. The Morgan fingerprint density at radius 2 is 1.89 bits per heavy atom. The normalized spacial score (nSPS) is 20.6. The van der Waals surface area contributed by atoms with Crippen LogP contribution in [0.3, 0.4) is 0 Å². The molecular formula is C19H25N5O3. The lowest BCUT2D eigenvalue weighted by Crippen LogP contribution is -2.42. The second-order valence-corrected chi connectivity index (χ2v) is 7.01. The van der Waals surface area contributed by atoms with Gasteiger partial charge in [-0.1, -0.05) is 12.1 Å². The minimum absolute atomic E-state index is 0.0985. The van der Waals surface area contributed by atoms with Gasteiger partial charge in [-0.05, 0) is 24.6 Å². The summed E-state index contributed by atoms with van der Waals surface area (Å²) in [6, 6.07) is 7.50. The van der Waals surface area contributed by atoms with Gasteiger partial charge in [-0.15, -0.1) is 10.2 Å². The standard InChI is InChI=1S/C19H25N5O3/c1-14-19(25)23(11-15-3-5-16(26-2)6-4-15)13-18-21-20-17(24(14)18)12-22-7-9-27-10-8-22/h3-6,14H,7-13H2,1-2H3/t14-/m0/s1. The van der Waals surface area contributed by atoms with Crippen LogP contribution in [0, 0.1) is 0 Å². The number of morpholine rings is 1. The smallest absolute Gasteiger partial charge is 0.246 e. The number of rotatable bonds is 5. The topological polar surface area (TPSA) is 72.7 Å². The molecule has 1 fully saturated rings. The first kappa shape index (κ1) is 17.9. The monoisotopic (exact) mass is 371 g/mol. The van der Waals surface area contributed by atoms with E-state index in [1.807, 2.05) is 40.7 Å². The van der Waals surface area contributed by atoms with Crippen molar-refractivity contribution in [1.29, 1.82) is 0 Å². The Bertz CT molecular complexity index is 798. The van der Waals surface area contributed by atoms with Gasteiger partial charge in [-0.3, -0.25) is 14.3 Å². The first-order chi connectivity index (χ1) is 13.2. The third-order valence-electron chi connectivity index (χ3n) is 5.23. The Morgan fingerprint density at radius 1 is 1.15 bits per heavy atom. The predicted molar refractivity (Wildman–Crippen MR) is 98.1 cm³/mol. The summed E-state index contributed by atoms with van der Waals surface area (Å²) >= 11 is 0. The number of amides is 1. The maximum atomic E-state index is 12.9. The van der Waals surface area contributed by atoms with Crippen LogP contribution in [0.1, 0.15) is 30.2 Å². The summed E-state index contributed by atoms with van der Waals surface area (Å²) in [6.07, 6.45) is 0. The van der Waals surface area contributed by atoms with E-state index in [4.69, 9.17) is 9.47 Å². The lowest BCUT2D eigenvalue weighted by atomic mass is 10.1. The second-order valence-electron chi connectivity index (χ2n) is 7.01. The molecule has 1 saturated heterocycles. The van der Waals surface area contributed by atoms with Crippen LogP contribution in [0.2, 0.25) is 0 Å². The summed E-state index contributed by atoms with van der Waals surface area (Å²) in [4.78, 5) is 17.1. The fraction of sp³-hybridized carbons (Fsp3) is 0.526. The number of fused-ring (bicyclic) bond motifs is 1. The number of aromatic nitrogens is 3. The van der Waals surface area contributed by atoms with Crippen molar-refractivity contribution in [3.8, 4) is 5.75 Å². The molecule has 0 spiro atoms. The highest BCUT2D eigenvalue weighted by molar-refractivity contribution is 5.81. The van der Waals surface area contributed by atoms with Crippen molar-refractivity contribution < 1.29 is 14.3 Å². The second kappa shape index (κ2) is 7.66. The zero-order valence-electron chi connectivity index (χ0n) is 15.8. The Labute approximate surface area is 158 Å². The van der Waals surface area contributed by atoms with Gasteiger partial charge in [0, 0.05) is 19.6 Å². The molecule has 0 aliphatic carbocycles. The Hall–Kier alpha value is -2.45. The van der Waals surface area contributed by atoms with Crippen molar-refractivity contribution in [1.82, 2.24) is 24.6 Å². The van der Waals surface area contributed by atoms with Gasteiger partial charge in [0.2, 0.25) is 5.91 Å². The van der Waals surface area contributed by atoms with E-state index in [0.29, 0.717) is 19.6 Å². The maximum Gasteiger partial charge on any atom is 0.246 e.